The Labute approximate surface area is 122 Å². The lowest BCUT2D eigenvalue weighted by molar-refractivity contribution is 0.232. The summed E-state index contributed by atoms with van der Waals surface area (Å²) >= 11 is 1.94. The fourth-order valence-electron chi connectivity index (χ4n) is 2.81. The molecule has 1 unspecified atom stereocenters. The van der Waals surface area contributed by atoms with Crippen molar-refractivity contribution in [1.29, 1.82) is 0 Å². The van der Waals surface area contributed by atoms with Crippen LogP contribution in [0.2, 0.25) is 0 Å². The average Bonchev–Trinajstić information content (AvgIpc) is 2.76. The zero-order chi connectivity index (χ0) is 13.7. The number of likely N-dealkylation sites (tertiary alicyclic amines) is 1. The van der Waals surface area contributed by atoms with Gasteiger partial charge in [0.15, 0.2) is 5.17 Å². The first-order chi connectivity index (χ1) is 9.03. The Morgan fingerprint density at radius 3 is 2.68 bits per heavy atom. The third kappa shape index (κ3) is 5.74. The Kier molecular flexibility index (Phi) is 5.58. The zero-order valence-electron chi connectivity index (χ0n) is 12.7. The Hall–Kier alpha value is -0.220. The molecule has 0 bridgehead atoms. The van der Waals surface area contributed by atoms with Gasteiger partial charge < -0.3 is 10.2 Å². The van der Waals surface area contributed by atoms with E-state index in [0.717, 1.165) is 13.1 Å². The van der Waals surface area contributed by atoms with Gasteiger partial charge in [-0.05, 0) is 37.8 Å². The summed E-state index contributed by atoms with van der Waals surface area (Å²) in [4.78, 5) is 7.21. The fourth-order valence-corrected chi connectivity index (χ4v) is 4.19. The van der Waals surface area contributed by atoms with Crippen molar-refractivity contribution in [1.82, 2.24) is 10.2 Å². The summed E-state index contributed by atoms with van der Waals surface area (Å²) in [6.07, 6.45) is 5.42. The maximum absolute atomic E-state index is 4.63. The topological polar surface area (TPSA) is 27.6 Å². The Bertz CT molecular complexity index is 303. The molecule has 0 aromatic heterocycles. The molecule has 19 heavy (non-hydrogen) atoms. The van der Waals surface area contributed by atoms with Crippen LogP contribution in [0.3, 0.4) is 0 Å². The number of nitrogens with zero attached hydrogens (tertiary/aromatic N) is 2. The molecule has 2 aliphatic rings. The number of aliphatic imine (C=N–C) groups is 1. The van der Waals surface area contributed by atoms with E-state index in [0.29, 0.717) is 10.7 Å². The van der Waals surface area contributed by atoms with Gasteiger partial charge in [-0.15, -0.1) is 0 Å². The molecule has 0 aromatic rings. The van der Waals surface area contributed by atoms with E-state index in [1.165, 1.54) is 50.5 Å². The van der Waals surface area contributed by atoms with Crippen LogP contribution in [-0.2, 0) is 0 Å². The molecule has 110 valence electrons. The molecule has 1 fully saturated rings. The highest BCUT2D eigenvalue weighted by Gasteiger charge is 2.24. The molecule has 0 aromatic carbocycles. The summed E-state index contributed by atoms with van der Waals surface area (Å²) in [6, 6.07) is 0. The van der Waals surface area contributed by atoms with Crippen LogP contribution in [0.4, 0.5) is 0 Å². The van der Waals surface area contributed by atoms with E-state index >= 15 is 0 Å². The lowest BCUT2D eigenvalue weighted by Crippen LogP contribution is -2.36. The zero-order valence-corrected chi connectivity index (χ0v) is 13.6. The number of hydrogen-bond donors (Lipinski definition) is 1. The van der Waals surface area contributed by atoms with Crippen molar-refractivity contribution < 1.29 is 0 Å². The molecular formula is C15H29N3S. The van der Waals surface area contributed by atoms with Crippen LogP contribution in [0.25, 0.3) is 0 Å². The van der Waals surface area contributed by atoms with Crippen molar-refractivity contribution in [3.63, 3.8) is 0 Å². The minimum Gasteiger partial charge on any atom is -0.364 e. The Morgan fingerprint density at radius 2 is 2.00 bits per heavy atom. The van der Waals surface area contributed by atoms with Crippen LogP contribution < -0.4 is 5.32 Å². The molecule has 0 saturated carbocycles. The van der Waals surface area contributed by atoms with Gasteiger partial charge in [0.1, 0.15) is 0 Å². The lowest BCUT2D eigenvalue weighted by atomic mass is 9.90. The predicted octanol–water partition coefficient (Wildman–Crippen LogP) is 2.97. The van der Waals surface area contributed by atoms with E-state index in [1.807, 2.05) is 11.8 Å². The molecule has 4 heteroatoms. The van der Waals surface area contributed by atoms with Crippen molar-refractivity contribution in [2.75, 3.05) is 32.7 Å². The van der Waals surface area contributed by atoms with Gasteiger partial charge in [-0.1, -0.05) is 39.0 Å². The van der Waals surface area contributed by atoms with E-state index < -0.39 is 0 Å². The van der Waals surface area contributed by atoms with Gasteiger partial charge in [-0.25, -0.2) is 0 Å². The number of thioether (sulfide) groups is 1. The summed E-state index contributed by atoms with van der Waals surface area (Å²) < 4.78 is 0. The number of piperidine rings is 1. The standard InChI is InChI=1S/C15H29N3S/c1-15(2,3)11-13-12-17-14(19-13)16-7-10-18-8-5-4-6-9-18/h13H,4-12H2,1-3H3,(H,16,17). The second-order valence-electron chi connectivity index (χ2n) is 6.98. The number of rotatable bonds is 4. The van der Waals surface area contributed by atoms with E-state index in [2.05, 4.69) is 36.0 Å². The molecule has 0 spiro atoms. The lowest BCUT2D eigenvalue weighted by Gasteiger charge is -2.26. The van der Waals surface area contributed by atoms with E-state index in [9.17, 15) is 0 Å². The molecule has 0 amide bonds. The van der Waals surface area contributed by atoms with Gasteiger partial charge in [-0.2, -0.15) is 0 Å². The SMILES string of the molecule is CC(C)(C)CC1CN=C(NCCN2CCCCC2)S1. The highest BCUT2D eigenvalue weighted by atomic mass is 32.2. The van der Waals surface area contributed by atoms with Crippen molar-refractivity contribution in [2.45, 2.75) is 51.7 Å². The quantitative estimate of drug-likeness (QED) is 0.859. The molecule has 2 heterocycles. The fraction of sp³-hybridized carbons (Fsp3) is 0.933. The summed E-state index contributed by atoms with van der Waals surface area (Å²) in [7, 11) is 0. The largest absolute Gasteiger partial charge is 0.364 e. The monoisotopic (exact) mass is 283 g/mol. The summed E-state index contributed by atoms with van der Waals surface area (Å²) in [6.45, 7) is 12.7. The number of amidine groups is 1. The van der Waals surface area contributed by atoms with Crippen molar-refractivity contribution in [3.05, 3.63) is 0 Å². The molecular weight excluding hydrogens is 254 g/mol. The van der Waals surface area contributed by atoms with Gasteiger partial charge in [0, 0.05) is 18.3 Å². The molecule has 1 atom stereocenters. The van der Waals surface area contributed by atoms with E-state index in [-0.39, 0.29) is 0 Å². The summed E-state index contributed by atoms with van der Waals surface area (Å²) in [5.74, 6) is 0. The first-order valence-corrected chi connectivity index (χ1v) is 8.58. The van der Waals surface area contributed by atoms with Crippen LogP contribution in [0.1, 0.15) is 46.5 Å². The van der Waals surface area contributed by atoms with Crippen LogP contribution in [0, 0.1) is 5.41 Å². The highest BCUT2D eigenvalue weighted by molar-refractivity contribution is 8.14. The molecule has 0 aliphatic carbocycles. The third-order valence-corrected chi connectivity index (χ3v) is 4.86. The minimum atomic E-state index is 0.413. The second kappa shape index (κ2) is 6.98. The van der Waals surface area contributed by atoms with Gasteiger partial charge in [0.05, 0.1) is 6.54 Å². The Morgan fingerprint density at radius 1 is 1.26 bits per heavy atom. The molecule has 3 nitrogen and oxygen atoms in total. The molecule has 1 N–H and O–H groups in total. The minimum absolute atomic E-state index is 0.413. The molecule has 0 radical (unpaired) electrons. The first kappa shape index (κ1) is 15.2. The second-order valence-corrected chi connectivity index (χ2v) is 8.27. The van der Waals surface area contributed by atoms with Crippen molar-refractivity contribution >= 4 is 16.9 Å². The van der Waals surface area contributed by atoms with E-state index in [1.54, 1.807) is 0 Å². The summed E-state index contributed by atoms with van der Waals surface area (Å²) in [5.41, 5.74) is 0.413. The maximum atomic E-state index is 4.63. The van der Waals surface area contributed by atoms with Gasteiger partial charge in [-0.3, -0.25) is 4.99 Å². The Balaban J connectivity index is 1.59. The molecule has 2 aliphatic heterocycles. The molecule has 2 rings (SSSR count). The summed E-state index contributed by atoms with van der Waals surface area (Å²) in [5, 5.41) is 5.37. The molecule has 1 saturated heterocycles. The van der Waals surface area contributed by atoms with Gasteiger partial charge in [0.25, 0.3) is 0 Å². The smallest absolute Gasteiger partial charge is 0.156 e. The van der Waals surface area contributed by atoms with Crippen LogP contribution in [0.15, 0.2) is 4.99 Å². The normalized spacial score (nSPS) is 25.4. The maximum Gasteiger partial charge on any atom is 0.156 e. The van der Waals surface area contributed by atoms with Crippen molar-refractivity contribution in [2.24, 2.45) is 10.4 Å². The van der Waals surface area contributed by atoms with Crippen LogP contribution in [0.5, 0.6) is 0 Å². The van der Waals surface area contributed by atoms with Crippen LogP contribution in [-0.4, -0.2) is 48.0 Å². The van der Waals surface area contributed by atoms with E-state index in [4.69, 9.17) is 0 Å². The average molecular weight is 283 g/mol. The number of nitrogens with one attached hydrogen (secondary N) is 1. The van der Waals surface area contributed by atoms with Gasteiger partial charge in [0.2, 0.25) is 0 Å². The van der Waals surface area contributed by atoms with Crippen LogP contribution >= 0.6 is 11.8 Å². The third-order valence-electron chi connectivity index (χ3n) is 3.71. The van der Waals surface area contributed by atoms with Gasteiger partial charge >= 0.3 is 0 Å². The highest BCUT2D eigenvalue weighted by Crippen LogP contribution is 2.31. The first-order valence-electron chi connectivity index (χ1n) is 7.70. The number of hydrogen-bond acceptors (Lipinski definition) is 4. The van der Waals surface area contributed by atoms with Crippen molar-refractivity contribution in [3.8, 4) is 0 Å². The predicted molar refractivity (Wildman–Crippen MR) is 86.0 cm³/mol.